The molecule has 0 amide bonds. The molecule has 0 aliphatic carbocycles. The van der Waals surface area contributed by atoms with Crippen molar-refractivity contribution < 1.29 is 22.7 Å². The number of rotatable bonds is 8. The third-order valence-electron chi connectivity index (χ3n) is 5.28. The van der Waals surface area contributed by atoms with E-state index in [9.17, 15) is 18.0 Å². The predicted molar refractivity (Wildman–Crippen MR) is 119 cm³/mol. The number of aromatic nitrogens is 1. The smallest absolute Gasteiger partial charge is 0.339 e. The lowest BCUT2D eigenvalue weighted by molar-refractivity contribution is 0.0318. The number of carbonyl (C=O) groups is 2. The second kappa shape index (κ2) is 9.03. The van der Waals surface area contributed by atoms with Crippen molar-refractivity contribution in [3.05, 3.63) is 65.4 Å². The molecule has 7 nitrogen and oxygen atoms in total. The Morgan fingerprint density at radius 3 is 2.42 bits per heavy atom. The summed E-state index contributed by atoms with van der Waals surface area (Å²) in [6, 6.07) is 11.7. The number of H-pyrrole nitrogens is 1. The third kappa shape index (κ3) is 4.40. The number of aromatic amines is 1. The van der Waals surface area contributed by atoms with Gasteiger partial charge in [-0.25, -0.2) is 13.2 Å². The van der Waals surface area contributed by atoms with Gasteiger partial charge in [-0.2, -0.15) is 4.31 Å². The summed E-state index contributed by atoms with van der Waals surface area (Å²) in [7, 11) is -3.72. The van der Waals surface area contributed by atoms with Crippen LogP contribution >= 0.6 is 0 Å². The summed E-state index contributed by atoms with van der Waals surface area (Å²) in [4.78, 5) is 28.7. The maximum atomic E-state index is 12.9. The van der Waals surface area contributed by atoms with E-state index in [0.717, 1.165) is 10.9 Å². The van der Waals surface area contributed by atoms with Crippen LogP contribution in [0.25, 0.3) is 10.9 Å². The molecule has 1 heterocycles. The third-order valence-corrected chi connectivity index (χ3v) is 7.33. The highest BCUT2D eigenvalue weighted by Gasteiger charge is 2.26. The van der Waals surface area contributed by atoms with Crippen LogP contribution in [0.3, 0.4) is 0 Å². The van der Waals surface area contributed by atoms with Crippen molar-refractivity contribution in [1.82, 2.24) is 9.29 Å². The molecule has 164 valence electrons. The van der Waals surface area contributed by atoms with Crippen molar-refractivity contribution >= 4 is 32.7 Å². The summed E-state index contributed by atoms with van der Waals surface area (Å²) in [5, 5.41) is 0.749. The topological polar surface area (TPSA) is 96.5 Å². The standard InChI is InChI=1S/C23H26N2O5S/c1-5-25(6-2)31(28,29)17-12-11-15(3)19(13-17)23(27)30-16(4)22(26)20-14-24-21-10-8-7-9-18(20)21/h7-14,16,24H,5-6H2,1-4H3. The van der Waals surface area contributed by atoms with Crippen LogP contribution in [0, 0.1) is 6.92 Å². The molecule has 2 aromatic carbocycles. The van der Waals surface area contributed by atoms with E-state index in [0.29, 0.717) is 24.2 Å². The van der Waals surface area contributed by atoms with Gasteiger partial charge >= 0.3 is 5.97 Å². The Labute approximate surface area is 182 Å². The number of carbonyl (C=O) groups excluding carboxylic acids is 2. The highest BCUT2D eigenvalue weighted by molar-refractivity contribution is 7.89. The summed E-state index contributed by atoms with van der Waals surface area (Å²) in [5.41, 5.74) is 1.93. The molecule has 1 N–H and O–H groups in total. The summed E-state index contributed by atoms with van der Waals surface area (Å²) in [6.07, 6.45) is 0.564. The number of aryl methyl sites for hydroxylation is 1. The Balaban J connectivity index is 1.85. The predicted octanol–water partition coefficient (Wildman–Crippen LogP) is 3.94. The minimum Gasteiger partial charge on any atom is -0.451 e. The van der Waals surface area contributed by atoms with Gasteiger partial charge in [-0.1, -0.05) is 38.1 Å². The number of Topliss-reactive ketones (excluding diaryl/α,β-unsaturated/α-hetero) is 1. The average Bonchev–Trinajstić information content (AvgIpc) is 3.18. The molecule has 0 spiro atoms. The number of hydrogen-bond donors (Lipinski definition) is 1. The van der Waals surface area contributed by atoms with Crippen LogP contribution in [0.5, 0.6) is 0 Å². The van der Waals surface area contributed by atoms with Crippen molar-refractivity contribution in [3.63, 3.8) is 0 Å². The minimum absolute atomic E-state index is 0.0179. The van der Waals surface area contributed by atoms with Gasteiger partial charge in [0.1, 0.15) is 0 Å². The van der Waals surface area contributed by atoms with Crippen molar-refractivity contribution in [3.8, 4) is 0 Å². The molecule has 1 unspecified atom stereocenters. The van der Waals surface area contributed by atoms with Crippen molar-refractivity contribution in [2.24, 2.45) is 0 Å². The molecule has 1 atom stereocenters. The number of esters is 1. The van der Waals surface area contributed by atoms with Crippen molar-refractivity contribution in [2.45, 2.75) is 38.7 Å². The second-order valence-electron chi connectivity index (χ2n) is 7.23. The fourth-order valence-electron chi connectivity index (χ4n) is 3.47. The van der Waals surface area contributed by atoms with Gasteiger partial charge < -0.3 is 9.72 Å². The Kier molecular flexibility index (Phi) is 6.62. The number of sulfonamides is 1. The first kappa shape index (κ1) is 22.7. The zero-order chi connectivity index (χ0) is 22.8. The lowest BCUT2D eigenvalue weighted by Crippen LogP contribution is -2.31. The van der Waals surface area contributed by atoms with Crippen LogP contribution < -0.4 is 0 Å². The fourth-order valence-corrected chi connectivity index (χ4v) is 4.95. The van der Waals surface area contributed by atoms with E-state index < -0.39 is 22.1 Å². The molecule has 31 heavy (non-hydrogen) atoms. The summed E-state index contributed by atoms with van der Waals surface area (Å²) in [5.74, 6) is -1.08. The van der Waals surface area contributed by atoms with Crippen molar-refractivity contribution in [1.29, 1.82) is 0 Å². The molecule has 3 rings (SSSR count). The van der Waals surface area contributed by atoms with E-state index in [1.54, 1.807) is 33.0 Å². The molecular formula is C23H26N2O5S. The number of para-hydroxylation sites is 1. The average molecular weight is 443 g/mol. The molecule has 0 aliphatic rings. The number of nitrogens with zero attached hydrogens (tertiary/aromatic N) is 1. The van der Waals surface area contributed by atoms with Gasteiger partial charge in [0.15, 0.2) is 6.10 Å². The van der Waals surface area contributed by atoms with E-state index in [-0.39, 0.29) is 16.2 Å². The number of ether oxygens (including phenoxy) is 1. The number of benzene rings is 2. The molecule has 1 aromatic heterocycles. The van der Waals surface area contributed by atoms with E-state index >= 15 is 0 Å². The number of nitrogens with one attached hydrogen (secondary N) is 1. The second-order valence-corrected chi connectivity index (χ2v) is 9.16. The highest BCUT2D eigenvalue weighted by Crippen LogP contribution is 2.23. The van der Waals surface area contributed by atoms with Gasteiger partial charge in [-0.15, -0.1) is 0 Å². The number of ketones is 1. The lowest BCUT2D eigenvalue weighted by atomic mass is 10.1. The minimum atomic E-state index is -3.72. The van der Waals surface area contributed by atoms with E-state index in [2.05, 4.69) is 4.98 Å². The maximum absolute atomic E-state index is 12.9. The molecule has 0 radical (unpaired) electrons. The summed E-state index contributed by atoms with van der Waals surface area (Å²) in [6.45, 7) is 7.35. The Morgan fingerprint density at radius 2 is 1.74 bits per heavy atom. The molecule has 0 saturated heterocycles. The van der Waals surface area contributed by atoms with Crippen LogP contribution in [0.2, 0.25) is 0 Å². The van der Waals surface area contributed by atoms with E-state index in [1.807, 2.05) is 24.3 Å². The van der Waals surface area contributed by atoms with Gasteiger partial charge in [0.25, 0.3) is 0 Å². The molecule has 8 heteroatoms. The zero-order valence-electron chi connectivity index (χ0n) is 18.0. The summed E-state index contributed by atoms with van der Waals surface area (Å²) < 4.78 is 32.4. The first-order valence-corrected chi connectivity index (χ1v) is 11.6. The van der Waals surface area contributed by atoms with Crippen LogP contribution in [0.15, 0.2) is 53.6 Å². The number of fused-ring (bicyclic) bond motifs is 1. The number of hydrogen-bond acceptors (Lipinski definition) is 5. The largest absolute Gasteiger partial charge is 0.451 e. The molecular weight excluding hydrogens is 416 g/mol. The van der Waals surface area contributed by atoms with E-state index in [1.165, 1.54) is 23.4 Å². The summed E-state index contributed by atoms with van der Waals surface area (Å²) >= 11 is 0. The molecule has 0 fully saturated rings. The Bertz CT molecular complexity index is 1230. The molecule has 0 aliphatic heterocycles. The first-order chi connectivity index (χ1) is 14.7. The van der Waals surface area contributed by atoms with Gasteiger partial charge in [0.2, 0.25) is 15.8 Å². The normalized spacial score (nSPS) is 12.8. The monoisotopic (exact) mass is 442 g/mol. The van der Waals surface area contributed by atoms with Crippen LogP contribution in [0.4, 0.5) is 0 Å². The lowest BCUT2D eigenvalue weighted by Gasteiger charge is -2.19. The SMILES string of the molecule is CCN(CC)S(=O)(=O)c1ccc(C)c(C(=O)OC(C)C(=O)c2c[nH]c3ccccc23)c1. The van der Waals surface area contributed by atoms with Crippen LogP contribution in [0.1, 0.15) is 47.1 Å². The maximum Gasteiger partial charge on any atom is 0.339 e. The van der Waals surface area contributed by atoms with Crippen molar-refractivity contribution in [2.75, 3.05) is 13.1 Å². The first-order valence-electron chi connectivity index (χ1n) is 10.1. The molecule has 0 bridgehead atoms. The molecule has 3 aromatic rings. The molecule has 0 saturated carbocycles. The zero-order valence-corrected chi connectivity index (χ0v) is 18.8. The fraction of sp³-hybridized carbons (Fsp3) is 0.304. The van der Waals surface area contributed by atoms with Crippen LogP contribution in [-0.2, 0) is 14.8 Å². The quantitative estimate of drug-likeness (QED) is 0.421. The van der Waals surface area contributed by atoms with Gasteiger partial charge in [0.05, 0.1) is 10.5 Å². The van der Waals surface area contributed by atoms with Gasteiger partial charge in [-0.05, 0) is 37.6 Å². The Morgan fingerprint density at radius 1 is 1.06 bits per heavy atom. The van der Waals surface area contributed by atoms with Gasteiger partial charge in [0, 0.05) is 35.8 Å². The Hall–Kier alpha value is -2.97. The highest BCUT2D eigenvalue weighted by atomic mass is 32.2. The van der Waals surface area contributed by atoms with E-state index in [4.69, 9.17) is 4.74 Å². The van der Waals surface area contributed by atoms with Crippen LogP contribution in [-0.4, -0.2) is 48.7 Å². The van der Waals surface area contributed by atoms with Gasteiger partial charge in [-0.3, -0.25) is 4.79 Å².